The lowest BCUT2D eigenvalue weighted by molar-refractivity contribution is 0.505. The van der Waals surface area contributed by atoms with Crippen LogP contribution in [0.2, 0.25) is 0 Å². The van der Waals surface area contributed by atoms with Gasteiger partial charge in [-0.25, -0.2) is 0 Å². The van der Waals surface area contributed by atoms with Crippen molar-refractivity contribution in [3.05, 3.63) is 29.9 Å². The summed E-state index contributed by atoms with van der Waals surface area (Å²) in [5, 5.41) is 7.73. The predicted molar refractivity (Wildman–Crippen MR) is 69.7 cm³/mol. The van der Waals surface area contributed by atoms with Crippen LogP contribution in [0.25, 0.3) is 6.01 Å². The topological polar surface area (TPSA) is 55.9 Å². The van der Waals surface area contributed by atoms with E-state index in [1.807, 2.05) is 12.3 Å². The zero-order valence-corrected chi connectivity index (χ0v) is 11.3. The van der Waals surface area contributed by atoms with Gasteiger partial charge in [0.25, 0.3) is 0 Å². The van der Waals surface area contributed by atoms with Gasteiger partial charge in [-0.1, -0.05) is 27.7 Å². The van der Waals surface area contributed by atoms with Gasteiger partial charge in [0.05, 0.1) is 11.4 Å². The Bertz CT molecular complexity index is 499. The second kappa shape index (κ2) is 5.35. The van der Waals surface area contributed by atoms with Crippen molar-refractivity contribution in [2.24, 2.45) is 0 Å². The third-order valence-electron chi connectivity index (χ3n) is 2.63. The van der Waals surface area contributed by atoms with Gasteiger partial charge < -0.3 is 9.73 Å². The summed E-state index contributed by atoms with van der Waals surface area (Å²) in [6, 6.07) is 2.94. The second-order valence-electron chi connectivity index (χ2n) is 5.00. The summed E-state index contributed by atoms with van der Waals surface area (Å²) in [6.07, 6.45) is 3.54. The largest absolute Gasteiger partial charge is 0.430 e. The fraction of sp³-hybridized carbons (Fsp3) is 0.538. The van der Waals surface area contributed by atoms with Gasteiger partial charge in [-0.05, 0) is 12.0 Å². The Hall–Kier alpha value is -1.62. The van der Waals surface area contributed by atoms with Crippen molar-refractivity contribution >= 4 is 0 Å². The maximum absolute atomic E-state index is 5.43. The quantitative estimate of drug-likeness (QED) is 0.883. The van der Waals surface area contributed by atoms with E-state index in [9.17, 15) is 0 Å². The van der Waals surface area contributed by atoms with E-state index in [0.29, 0.717) is 24.5 Å². The van der Waals surface area contributed by atoms with Crippen LogP contribution in [0.4, 0.5) is 0 Å². The molecule has 0 amide bonds. The van der Waals surface area contributed by atoms with E-state index in [-0.39, 0.29) is 0 Å². The molecule has 0 bridgehead atoms. The molecule has 2 aromatic heterocycles. The average Bonchev–Trinajstić information content (AvgIpc) is 2.95. The summed E-state index contributed by atoms with van der Waals surface area (Å²) in [4.78, 5) is 4.40. The fourth-order valence-corrected chi connectivity index (χ4v) is 1.54. The Balaban J connectivity index is 2.08. The molecule has 0 saturated heterocycles. The van der Waals surface area contributed by atoms with E-state index in [0.717, 1.165) is 11.4 Å². The van der Waals surface area contributed by atoms with Crippen molar-refractivity contribution in [2.75, 3.05) is 0 Å². The molecular formula is C13H20N4O. The molecule has 0 aliphatic rings. The molecule has 2 aromatic rings. The molecule has 0 spiro atoms. The number of oxazole rings is 1. The number of hydrogen-bond donors (Lipinski definition) is 1. The monoisotopic (exact) mass is 248 g/mol. The van der Waals surface area contributed by atoms with E-state index < -0.39 is 0 Å². The van der Waals surface area contributed by atoms with Crippen LogP contribution < -0.4 is 5.32 Å². The Kier molecular flexibility index (Phi) is 3.81. The normalized spacial score (nSPS) is 11.7. The van der Waals surface area contributed by atoms with Gasteiger partial charge in [-0.2, -0.15) is 14.8 Å². The molecular weight excluding hydrogens is 228 g/mol. The van der Waals surface area contributed by atoms with E-state index in [4.69, 9.17) is 4.42 Å². The summed E-state index contributed by atoms with van der Waals surface area (Å²) in [7, 11) is 0. The smallest absolute Gasteiger partial charge is 0.322 e. The van der Waals surface area contributed by atoms with Crippen LogP contribution >= 0.6 is 0 Å². The molecule has 0 fully saturated rings. The molecule has 0 saturated carbocycles. The molecule has 0 aliphatic heterocycles. The molecule has 0 atom stereocenters. The van der Waals surface area contributed by atoms with Gasteiger partial charge in [0.1, 0.15) is 6.26 Å². The lowest BCUT2D eigenvalue weighted by Crippen LogP contribution is -2.21. The number of hydrogen-bond acceptors (Lipinski definition) is 4. The van der Waals surface area contributed by atoms with E-state index >= 15 is 0 Å². The number of aromatic nitrogens is 3. The van der Waals surface area contributed by atoms with Crippen LogP contribution in [0, 0.1) is 0 Å². The highest BCUT2D eigenvalue weighted by molar-refractivity contribution is 5.13. The molecule has 0 radical (unpaired) electrons. The summed E-state index contributed by atoms with van der Waals surface area (Å²) >= 11 is 0. The third kappa shape index (κ3) is 2.98. The van der Waals surface area contributed by atoms with Gasteiger partial charge in [-0.3, -0.25) is 0 Å². The number of nitrogens with one attached hydrogen (secondary N) is 1. The summed E-state index contributed by atoms with van der Waals surface area (Å²) in [5.74, 6) is 0.406. The van der Waals surface area contributed by atoms with Crippen molar-refractivity contribution in [3.63, 3.8) is 0 Å². The first-order valence-corrected chi connectivity index (χ1v) is 6.30. The van der Waals surface area contributed by atoms with E-state index in [2.05, 4.69) is 43.1 Å². The van der Waals surface area contributed by atoms with Crippen LogP contribution in [-0.2, 0) is 6.54 Å². The first kappa shape index (κ1) is 12.8. The SMILES string of the molecule is CC(C)NCc1coc(-n2ccc(C(C)C)n2)n1. The zero-order chi connectivity index (χ0) is 13.1. The standard InChI is InChI=1S/C13H20N4O/c1-9(2)12-5-6-17(16-12)13-15-11(8-18-13)7-14-10(3)4/h5-6,8-10,14H,7H2,1-4H3. The van der Waals surface area contributed by atoms with Crippen molar-refractivity contribution in [2.45, 2.75) is 46.2 Å². The van der Waals surface area contributed by atoms with Crippen LogP contribution in [0.1, 0.15) is 45.0 Å². The Morgan fingerprint density at radius 3 is 2.72 bits per heavy atom. The highest BCUT2D eigenvalue weighted by Crippen LogP contribution is 2.13. The van der Waals surface area contributed by atoms with Gasteiger partial charge in [0.2, 0.25) is 0 Å². The second-order valence-corrected chi connectivity index (χ2v) is 5.00. The highest BCUT2D eigenvalue weighted by Gasteiger charge is 2.09. The molecule has 1 N–H and O–H groups in total. The first-order chi connectivity index (χ1) is 8.56. The molecule has 18 heavy (non-hydrogen) atoms. The van der Waals surface area contributed by atoms with Crippen LogP contribution in [-0.4, -0.2) is 20.8 Å². The first-order valence-electron chi connectivity index (χ1n) is 6.30. The van der Waals surface area contributed by atoms with E-state index in [1.54, 1.807) is 10.9 Å². The predicted octanol–water partition coefficient (Wildman–Crippen LogP) is 2.48. The van der Waals surface area contributed by atoms with Crippen LogP contribution in [0.3, 0.4) is 0 Å². The minimum atomic E-state index is 0.406. The van der Waals surface area contributed by atoms with Gasteiger partial charge in [-0.15, -0.1) is 0 Å². The number of nitrogens with zero attached hydrogens (tertiary/aromatic N) is 3. The Morgan fingerprint density at radius 2 is 2.11 bits per heavy atom. The van der Waals surface area contributed by atoms with Crippen LogP contribution in [0.15, 0.2) is 22.9 Å². The van der Waals surface area contributed by atoms with Crippen LogP contribution in [0.5, 0.6) is 0 Å². The van der Waals surface area contributed by atoms with E-state index in [1.165, 1.54) is 0 Å². The summed E-state index contributed by atoms with van der Waals surface area (Å²) in [5.41, 5.74) is 1.93. The van der Waals surface area contributed by atoms with Crippen molar-refractivity contribution in [1.29, 1.82) is 0 Å². The molecule has 2 rings (SSSR count). The Morgan fingerprint density at radius 1 is 1.33 bits per heavy atom. The maximum Gasteiger partial charge on any atom is 0.322 e. The lowest BCUT2D eigenvalue weighted by Gasteiger charge is -2.03. The van der Waals surface area contributed by atoms with Gasteiger partial charge in [0, 0.05) is 18.8 Å². The van der Waals surface area contributed by atoms with Crippen molar-refractivity contribution in [1.82, 2.24) is 20.1 Å². The molecule has 0 unspecified atom stereocenters. The average molecular weight is 248 g/mol. The molecule has 5 nitrogen and oxygen atoms in total. The molecule has 98 valence electrons. The summed E-state index contributed by atoms with van der Waals surface area (Å²) in [6.45, 7) is 9.13. The van der Waals surface area contributed by atoms with Crippen molar-refractivity contribution in [3.8, 4) is 6.01 Å². The molecule has 5 heteroatoms. The highest BCUT2D eigenvalue weighted by atomic mass is 16.4. The number of rotatable bonds is 5. The zero-order valence-electron chi connectivity index (χ0n) is 11.3. The minimum absolute atomic E-state index is 0.406. The lowest BCUT2D eigenvalue weighted by atomic mass is 10.1. The summed E-state index contributed by atoms with van der Waals surface area (Å²) < 4.78 is 7.10. The minimum Gasteiger partial charge on any atom is -0.430 e. The maximum atomic E-state index is 5.43. The Labute approximate surface area is 107 Å². The molecule has 0 aliphatic carbocycles. The fourth-order valence-electron chi connectivity index (χ4n) is 1.54. The van der Waals surface area contributed by atoms with Gasteiger partial charge >= 0.3 is 6.01 Å². The third-order valence-corrected chi connectivity index (χ3v) is 2.63. The van der Waals surface area contributed by atoms with Gasteiger partial charge in [0.15, 0.2) is 0 Å². The molecule has 0 aromatic carbocycles. The molecule has 2 heterocycles. The van der Waals surface area contributed by atoms with Crippen molar-refractivity contribution < 1.29 is 4.42 Å².